The van der Waals surface area contributed by atoms with Crippen LogP contribution in [0.1, 0.15) is 38.4 Å². The summed E-state index contributed by atoms with van der Waals surface area (Å²) in [6, 6.07) is 0. The van der Waals surface area contributed by atoms with E-state index in [-0.39, 0.29) is 5.92 Å². The number of aryl methyl sites for hydroxylation is 1. The second-order valence-electron chi connectivity index (χ2n) is 6.86. The van der Waals surface area contributed by atoms with Gasteiger partial charge in [-0.2, -0.15) is 4.98 Å². The van der Waals surface area contributed by atoms with Crippen LogP contribution in [0.2, 0.25) is 0 Å². The topological polar surface area (TPSA) is 89.0 Å². The minimum Gasteiger partial charge on any atom is -0.352 e. The van der Waals surface area contributed by atoms with Gasteiger partial charge in [0.15, 0.2) is 22.8 Å². The summed E-state index contributed by atoms with van der Waals surface area (Å²) in [5, 5.41) is 4.04. The lowest BCUT2D eigenvalue weighted by molar-refractivity contribution is 0.215. The van der Waals surface area contributed by atoms with Crippen LogP contribution in [0.15, 0.2) is 17.2 Å². The van der Waals surface area contributed by atoms with Crippen molar-refractivity contribution < 1.29 is 4.52 Å². The standard InChI is InChI=1S/C17H24N8O/c1-4-24-11-20-14-16(24)18-10-19-17(14)25-7-5-23(6-8-25)9-13-21-15(12(2)3)22-26-13/h10-12H,4-9H2,1-3H3. The molecule has 0 saturated carbocycles. The van der Waals surface area contributed by atoms with E-state index in [1.165, 1.54) is 0 Å². The third-order valence-electron chi connectivity index (χ3n) is 4.75. The van der Waals surface area contributed by atoms with Crippen molar-refractivity contribution in [2.24, 2.45) is 0 Å². The molecule has 0 aromatic carbocycles. The van der Waals surface area contributed by atoms with Crippen LogP contribution >= 0.6 is 0 Å². The molecule has 0 N–H and O–H groups in total. The molecule has 1 aliphatic heterocycles. The highest BCUT2D eigenvalue weighted by molar-refractivity contribution is 5.83. The summed E-state index contributed by atoms with van der Waals surface area (Å²) in [5.74, 6) is 2.66. The Morgan fingerprint density at radius 1 is 1.12 bits per heavy atom. The van der Waals surface area contributed by atoms with E-state index in [1.807, 2.05) is 10.9 Å². The van der Waals surface area contributed by atoms with Crippen molar-refractivity contribution in [3.63, 3.8) is 0 Å². The number of hydrogen-bond donors (Lipinski definition) is 0. The quantitative estimate of drug-likeness (QED) is 0.682. The molecule has 4 heterocycles. The van der Waals surface area contributed by atoms with E-state index in [0.717, 1.165) is 55.5 Å². The lowest BCUT2D eigenvalue weighted by atomic mass is 10.2. The van der Waals surface area contributed by atoms with Crippen molar-refractivity contribution in [2.45, 2.75) is 39.8 Å². The minimum atomic E-state index is 0.285. The zero-order valence-corrected chi connectivity index (χ0v) is 15.5. The van der Waals surface area contributed by atoms with Crippen LogP contribution in [0.3, 0.4) is 0 Å². The van der Waals surface area contributed by atoms with Crippen LogP contribution < -0.4 is 4.90 Å². The molecular formula is C17H24N8O. The fourth-order valence-electron chi connectivity index (χ4n) is 3.21. The van der Waals surface area contributed by atoms with Crippen LogP contribution in [0.25, 0.3) is 11.2 Å². The Kier molecular flexibility index (Phi) is 4.54. The second-order valence-corrected chi connectivity index (χ2v) is 6.86. The van der Waals surface area contributed by atoms with E-state index in [0.29, 0.717) is 12.4 Å². The van der Waals surface area contributed by atoms with Crippen molar-refractivity contribution in [1.82, 2.24) is 34.6 Å². The van der Waals surface area contributed by atoms with Gasteiger partial charge < -0.3 is 14.0 Å². The number of fused-ring (bicyclic) bond motifs is 1. The Bertz CT molecular complexity index is 878. The van der Waals surface area contributed by atoms with Crippen LogP contribution in [-0.2, 0) is 13.1 Å². The van der Waals surface area contributed by atoms with E-state index in [1.54, 1.807) is 6.33 Å². The van der Waals surface area contributed by atoms with Gasteiger partial charge in [-0.1, -0.05) is 19.0 Å². The van der Waals surface area contributed by atoms with Gasteiger partial charge in [0.25, 0.3) is 0 Å². The zero-order valence-electron chi connectivity index (χ0n) is 15.5. The molecule has 9 nitrogen and oxygen atoms in total. The summed E-state index contributed by atoms with van der Waals surface area (Å²) < 4.78 is 7.40. The first-order valence-electron chi connectivity index (χ1n) is 9.11. The Labute approximate surface area is 152 Å². The summed E-state index contributed by atoms with van der Waals surface area (Å²) in [5.41, 5.74) is 1.77. The van der Waals surface area contributed by atoms with Crippen molar-refractivity contribution in [2.75, 3.05) is 31.1 Å². The van der Waals surface area contributed by atoms with Gasteiger partial charge in [0.1, 0.15) is 6.33 Å². The number of piperazine rings is 1. The highest BCUT2D eigenvalue weighted by atomic mass is 16.5. The average molecular weight is 356 g/mol. The fraction of sp³-hybridized carbons (Fsp3) is 0.588. The first kappa shape index (κ1) is 16.9. The number of rotatable bonds is 5. The maximum atomic E-state index is 5.36. The predicted molar refractivity (Wildman–Crippen MR) is 96.9 cm³/mol. The summed E-state index contributed by atoms with van der Waals surface area (Å²) in [6.07, 6.45) is 3.46. The molecule has 3 aromatic heterocycles. The Balaban J connectivity index is 1.43. The van der Waals surface area contributed by atoms with Gasteiger partial charge in [-0.25, -0.2) is 15.0 Å². The van der Waals surface area contributed by atoms with Crippen molar-refractivity contribution in [3.8, 4) is 0 Å². The van der Waals surface area contributed by atoms with Gasteiger partial charge in [0.2, 0.25) is 5.89 Å². The third-order valence-corrected chi connectivity index (χ3v) is 4.75. The Morgan fingerprint density at radius 3 is 2.62 bits per heavy atom. The van der Waals surface area contributed by atoms with Gasteiger partial charge in [0, 0.05) is 38.6 Å². The Hall–Kier alpha value is -2.55. The molecule has 0 amide bonds. The molecular weight excluding hydrogens is 332 g/mol. The molecule has 0 unspecified atom stereocenters. The lowest BCUT2D eigenvalue weighted by Gasteiger charge is -2.34. The van der Waals surface area contributed by atoms with Gasteiger partial charge in [-0.05, 0) is 6.92 Å². The molecule has 4 rings (SSSR count). The molecule has 9 heteroatoms. The van der Waals surface area contributed by atoms with Crippen molar-refractivity contribution in [1.29, 1.82) is 0 Å². The van der Waals surface area contributed by atoms with Crippen LogP contribution in [0.5, 0.6) is 0 Å². The highest BCUT2D eigenvalue weighted by Gasteiger charge is 2.23. The molecule has 0 radical (unpaired) electrons. The van der Waals surface area contributed by atoms with Crippen LogP contribution in [0, 0.1) is 0 Å². The summed E-state index contributed by atoms with van der Waals surface area (Å²) in [6.45, 7) is 11.4. The molecule has 138 valence electrons. The number of aromatic nitrogens is 6. The van der Waals surface area contributed by atoms with E-state index >= 15 is 0 Å². The number of nitrogens with zero attached hydrogens (tertiary/aromatic N) is 8. The summed E-state index contributed by atoms with van der Waals surface area (Å²) in [7, 11) is 0. The second kappa shape index (κ2) is 6.99. The highest BCUT2D eigenvalue weighted by Crippen LogP contribution is 2.23. The maximum absolute atomic E-state index is 5.36. The maximum Gasteiger partial charge on any atom is 0.240 e. The average Bonchev–Trinajstić information content (AvgIpc) is 3.29. The first-order chi connectivity index (χ1) is 12.7. The SMILES string of the molecule is CCn1cnc2c(N3CCN(Cc4nc(C(C)C)no4)CC3)ncnc21. The Morgan fingerprint density at radius 2 is 1.92 bits per heavy atom. The summed E-state index contributed by atoms with van der Waals surface area (Å²) >= 11 is 0. The molecule has 0 spiro atoms. The smallest absolute Gasteiger partial charge is 0.240 e. The van der Waals surface area contributed by atoms with Crippen molar-refractivity contribution >= 4 is 17.0 Å². The number of imidazole rings is 1. The number of anilines is 1. The molecule has 0 atom stereocenters. The van der Waals surface area contributed by atoms with E-state index in [4.69, 9.17) is 4.52 Å². The minimum absolute atomic E-state index is 0.285. The van der Waals surface area contributed by atoms with Crippen LogP contribution in [-0.4, -0.2) is 60.7 Å². The zero-order chi connectivity index (χ0) is 18.1. The van der Waals surface area contributed by atoms with Crippen LogP contribution in [0.4, 0.5) is 5.82 Å². The molecule has 1 fully saturated rings. The van der Waals surface area contributed by atoms with E-state index < -0.39 is 0 Å². The van der Waals surface area contributed by atoms with Gasteiger partial charge in [0.05, 0.1) is 12.9 Å². The van der Waals surface area contributed by atoms with Crippen molar-refractivity contribution in [3.05, 3.63) is 24.4 Å². The van der Waals surface area contributed by atoms with E-state index in [2.05, 4.69) is 55.7 Å². The molecule has 1 aliphatic rings. The molecule has 1 saturated heterocycles. The summed E-state index contributed by atoms with van der Waals surface area (Å²) in [4.78, 5) is 22.5. The third kappa shape index (κ3) is 3.14. The largest absolute Gasteiger partial charge is 0.352 e. The first-order valence-corrected chi connectivity index (χ1v) is 9.11. The molecule has 0 bridgehead atoms. The van der Waals surface area contributed by atoms with Gasteiger partial charge >= 0.3 is 0 Å². The predicted octanol–water partition coefficient (Wildman–Crippen LogP) is 1.67. The van der Waals surface area contributed by atoms with Gasteiger partial charge in [-0.3, -0.25) is 4.90 Å². The molecule has 3 aromatic rings. The van der Waals surface area contributed by atoms with E-state index in [9.17, 15) is 0 Å². The molecule has 26 heavy (non-hydrogen) atoms. The van der Waals surface area contributed by atoms with Gasteiger partial charge in [-0.15, -0.1) is 0 Å². The number of hydrogen-bond acceptors (Lipinski definition) is 8. The normalized spacial score (nSPS) is 16.1. The molecule has 0 aliphatic carbocycles. The fourth-order valence-corrected chi connectivity index (χ4v) is 3.21. The monoisotopic (exact) mass is 356 g/mol. The lowest BCUT2D eigenvalue weighted by Crippen LogP contribution is -2.46.